The van der Waals surface area contributed by atoms with Crippen LogP contribution in [0.3, 0.4) is 0 Å². The molecule has 0 atom stereocenters. The van der Waals surface area contributed by atoms with Crippen LogP contribution in [0.5, 0.6) is 0 Å². The van der Waals surface area contributed by atoms with Crippen molar-refractivity contribution in [1.29, 1.82) is 0 Å². The summed E-state index contributed by atoms with van der Waals surface area (Å²) in [5, 5.41) is 8.29. The molecule has 0 aromatic rings. The average Bonchev–Trinajstić information content (AvgIpc) is 1.99. The van der Waals surface area contributed by atoms with Crippen molar-refractivity contribution in [3.8, 4) is 0 Å². The van der Waals surface area contributed by atoms with Crippen molar-refractivity contribution < 1.29 is 9.53 Å². The fraction of sp³-hybridized carbons (Fsp3) is 0.909. The minimum Gasteiger partial charge on any atom is -0.436 e. The van der Waals surface area contributed by atoms with E-state index in [1.54, 1.807) is 13.8 Å². The lowest BCUT2D eigenvalue weighted by molar-refractivity contribution is -0.153. The van der Waals surface area contributed by atoms with E-state index in [1.165, 1.54) is 6.92 Å². The van der Waals surface area contributed by atoms with Crippen molar-refractivity contribution in [2.24, 2.45) is 10.2 Å². The monoisotopic (exact) mass is 214 g/mol. The molecular weight excluding hydrogens is 192 g/mol. The Morgan fingerprint density at radius 2 is 1.73 bits per heavy atom. The number of rotatable bonds is 5. The van der Waals surface area contributed by atoms with Gasteiger partial charge in [0, 0.05) is 6.92 Å². The maximum Gasteiger partial charge on any atom is 0.304 e. The van der Waals surface area contributed by atoms with E-state index in [-0.39, 0.29) is 11.5 Å². The number of hydrogen-bond acceptors (Lipinski definition) is 4. The SMILES string of the molecule is CCCC(C)(C)N=NC(C)(C)OC(C)=O. The molecule has 4 heteroatoms. The van der Waals surface area contributed by atoms with Crippen LogP contribution < -0.4 is 0 Å². The Kier molecular flexibility index (Phi) is 4.91. The fourth-order valence-corrected chi connectivity index (χ4v) is 1.29. The molecule has 0 aromatic heterocycles. The van der Waals surface area contributed by atoms with Gasteiger partial charge in [0.25, 0.3) is 0 Å². The van der Waals surface area contributed by atoms with Crippen LogP contribution in [0, 0.1) is 0 Å². The molecule has 0 fully saturated rings. The maximum absolute atomic E-state index is 10.8. The zero-order chi connectivity index (χ0) is 12.1. The van der Waals surface area contributed by atoms with Gasteiger partial charge < -0.3 is 4.74 Å². The summed E-state index contributed by atoms with van der Waals surface area (Å²) in [7, 11) is 0. The van der Waals surface area contributed by atoms with E-state index < -0.39 is 5.72 Å². The molecule has 0 amide bonds. The van der Waals surface area contributed by atoms with E-state index in [1.807, 2.05) is 13.8 Å². The number of esters is 1. The number of nitrogens with zero attached hydrogens (tertiary/aromatic N) is 2. The second kappa shape index (κ2) is 5.24. The second-order valence-electron chi connectivity index (χ2n) is 4.80. The quantitative estimate of drug-likeness (QED) is 0.520. The van der Waals surface area contributed by atoms with Gasteiger partial charge in [0.15, 0.2) is 0 Å². The summed E-state index contributed by atoms with van der Waals surface area (Å²) < 4.78 is 5.01. The van der Waals surface area contributed by atoms with Gasteiger partial charge in [-0.15, -0.1) is 5.11 Å². The molecule has 0 spiro atoms. The molecule has 0 aliphatic heterocycles. The van der Waals surface area contributed by atoms with Crippen LogP contribution in [-0.2, 0) is 9.53 Å². The van der Waals surface area contributed by atoms with Gasteiger partial charge in [-0.2, -0.15) is 5.11 Å². The average molecular weight is 214 g/mol. The molecule has 0 saturated carbocycles. The fourth-order valence-electron chi connectivity index (χ4n) is 1.29. The number of carbonyl (C=O) groups is 1. The molecular formula is C11H22N2O2. The Bertz CT molecular complexity index is 245. The van der Waals surface area contributed by atoms with Crippen LogP contribution >= 0.6 is 0 Å². The third-order valence-corrected chi connectivity index (χ3v) is 1.82. The topological polar surface area (TPSA) is 51.0 Å². The summed E-state index contributed by atoms with van der Waals surface area (Å²) in [4.78, 5) is 10.8. The third-order valence-electron chi connectivity index (χ3n) is 1.82. The molecule has 4 nitrogen and oxygen atoms in total. The van der Waals surface area contributed by atoms with Crippen LogP contribution in [0.25, 0.3) is 0 Å². The molecule has 88 valence electrons. The first-order valence-corrected chi connectivity index (χ1v) is 5.32. The molecule has 0 N–H and O–H groups in total. The molecule has 0 aliphatic rings. The van der Waals surface area contributed by atoms with E-state index in [4.69, 9.17) is 4.74 Å². The Hall–Kier alpha value is -0.930. The number of ether oxygens (including phenoxy) is 1. The summed E-state index contributed by atoms with van der Waals surface area (Å²) in [6, 6.07) is 0. The van der Waals surface area contributed by atoms with E-state index in [0.717, 1.165) is 12.8 Å². The maximum atomic E-state index is 10.8. The number of hydrogen-bond donors (Lipinski definition) is 0. The first-order chi connectivity index (χ1) is 6.68. The van der Waals surface area contributed by atoms with Crippen LogP contribution in [-0.4, -0.2) is 17.2 Å². The largest absolute Gasteiger partial charge is 0.436 e. The summed E-state index contributed by atoms with van der Waals surface area (Å²) in [5.74, 6) is -0.341. The molecule has 15 heavy (non-hydrogen) atoms. The molecule has 0 unspecified atom stereocenters. The molecule has 0 rings (SSSR count). The molecule has 0 aliphatic carbocycles. The van der Waals surface area contributed by atoms with Gasteiger partial charge in [-0.3, -0.25) is 4.79 Å². The van der Waals surface area contributed by atoms with Gasteiger partial charge in [-0.25, -0.2) is 0 Å². The Balaban J connectivity index is 4.42. The lowest BCUT2D eigenvalue weighted by atomic mass is 10.0. The first kappa shape index (κ1) is 14.1. The highest BCUT2D eigenvalue weighted by atomic mass is 16.6. The smallest absolute Gasteiger partial charge is 0.304 e. The molecule has 0 bridgehead atoms. The van der Waals surface area contributed by atoms with Crippen LogP contribution in [0.4, 0.5) is 0 Å². The van der Waals surface area contributed by atoms with Crippen molar-refractivity contribution in [3.63, 3.8) is 0 Å². The van der Waals surface area contributed by atoms with Crippen LogP contribution in [0.1, 0.15) is 54.4 Å². The van der Waals surface area contributed by atoms with Gasteiger partial charge in [-0.05, 0) is 34.1 Å². The van der Waals surface area contributed by atoms with Crippen molar-refractivity contribution >= 4 is 5.97 Å². The van der Waals surface area contributed by atoms with Gasteiger partial charge >= 0.3 is 5.97 Å². The minimum atomic E-state index is -0.864. The second-order valence-corrected chi connectivity index (χ2v) is 4.80. The van der Waals surface area contributed by atoms with Gasteiger partial charge in [-0.1, -0.05) is 13.3 Å². The molecule has 0 heterocycles. The summed E-state index contributed by atoms with van der Waals surface area (Å²) >= 11 is 0. The third kappa shape index (κ3) is 7.05. The van der Waals surface area contributed by atoms with E-state index in [9.17, 15) is 4.79 Å². The molecule has 0 saturated heterocycles. The highest BCUT2D eigenvalue weighted by Gasteiger charge is 2.22. The number of carbonyl (C=O) groups excluding carboxylic acids is 1. The zero-order valence-electron chi connectivity index (χ0n) is 10.6. The standard InChI is InChI=1S/C11H22N2O2/c1-7-8-10(3,4)12-13-11(5,6)15-9(2)14/h7-8H2,1-6H3. The van der Waals surface area contributed by atoms with Crippen molar-refractivity contribution in [2.75, 3.05) is 0 Å². The van der Waals surface area contributed by atoms with Gasteiger partial charge in [0.2, 0.25) is 5.72 Å². The lowest BCUT2D eigenvalue weighted by Gasteiger charge is -2.22. The van der Waals surface area contributed by atoms with Crippen LogP contribution in [0.15, 0.2) is 10.2 Å². The van der Waals surface area contributed by atoms with Crippen molar-refractivity contribution in [1.82, 2.24) is 0 Å². The predicted molar refractivity (Wildman–Crippen MR) is 59.7 cm³/mol. The number of azo groups is 1. The summed E-state index contributed by atoms with van der Waals surface area (Å²) in [6.45, 7) is 11.0. The minimum absolute atomic E-state index is 0.188. The summed E-state index contributed by atoms with van der Waals surface area (Å²) in [6.07, 6.45) is 2.02. The lowest BCUT2D eigenvalue weighted by Crippen LogP contribution is -2.25. The Morgan fingerprint density at radius 1 is 1.20 bits per heavy atom. The molecule has 0 aromatic carbocycles. The van der Waals surface area contributed by atoms with Gasteiger partial charge in [0.05, 0.1) is 5.54 Å². The normalized spacial score (nSPS) is 13.2. The van der Waals surface area contributed by atoms with E-state index >= 15 is 0 Å². The van der Waals surface area contributed by atoms with Crippen molar-refractivity contribution in [2.45, 2.75) is 65.6 Å². The van der Waals surface area contributed by atoms with Crippen LogP contribution in [0.2, 0.25) is 0 Å². The Labute approximate surface area is 92.1 Å². The Morgan fingerprint density at radius 3 is 2.13 bits per heavy atom. The molecule has 0 radical (unpaired) electrons. The summed E-state index contributed by atoms with van der Waals surface area (Å²) in [5.41, 5.74) is -1.05. The predicted octanol–water partition coefficient (Wildman–Crippen LogP) is 3.32. The highest BCUT2D eigenvalue weighted by Crippen LogP contribution is 2.20. The zero-order valence-corrected chi connectivity index (χ0v) is 10.6. The van der Waals surface area contributed by atoms with Gasteiger partial charge in [0.1, 0.15) is 0 Å². The van der Waals surface area contributed by atoms with Crippen molar-refractivity contribution in [3.05, 3.63) is 0 Å². The first-order valence-electron chi connectivity index (χ1n) is 5.32. The highest BCUT2D eigenvalue weighted by molar-refractivity contribution is 5.66. The van der Waals surface area contributed by atoms with E-state index in [0.29, 0.717) is 0 Å². The van der Waals surface area contributed by atoms with E-state index in [2.05, 4.69) is 17.2 Å².